The van der Waals surface area contributed by atoms with Gasteiger partial charge in [-0.2, -0.15) is 0 Å². The average Bonchev–Trinajstić information content (AvgIpc) is 2.61. The molecule has 1 heterocycles. The summed E-state index contributed by atoms with van der Waals surface area (Å²) in [4.78, 5) is 35.4. The quantitative estimate of drug-likeness (QED) is 0.407. The van der Waals surface area contributed by atoms with Crippen molar-refractivity contribution in [3.63, 3.8) is 0 Å². The van der Waals surface area contributed by atoms with Crippen LogP contribution in [0.2, 0.25) is 0 Å². The summed E-state index contributed by atoms with van der Waals surface area (Å²) in [5.41, 5.74) is 4.97. The topological polar surface area (TPSA) is 105 Å². The van der Waals surface area contributed by atoms with Crippen molar-refractivity contribution in [1.82, 2.24) is 15.5 Å². The first-order chi connectivity index (χ1) is 8.61. The molecule has 7 heteroatoms. The molecule has 1 saturated heterocycles. The van der Waals surface area contributed by atoms with E-state index in [1.165, 1.54) is 0 Å². The third-order valence-electron chi connectivity index (χ3n) is 2.71. The van der Waals surface area contributed by atoms with E-state index in [9.17, 15) is 14.4 Å². The minimum atomic E-state index is -0.610. The Morgan fingerprint density at radius 1 is 1.22 bits per heavy atom. The molecule has 1 aliphatic rings. The molecule has 3 amide bonds. The van der Waals surface area contributed by atoms with Crippen molar-refractivity contribution in [2.45, 2.75) is 19.3 Å². The molecule has 0 bridgehead atoms. The van der Waals surface area contributed by atoms with Gasteiger partial charge in [0.2, 0.25) is 5.91 Å². The zero-order valence-electron chi connectivity index (χ0n) is 10.4. The molecule has 0 saturated carbocycles. The molecule has 0 atom stereocenters. The Kier molecular flexibility index (Phi) is 6.13. The highest BCUT2D eigenvalue weighted by Crippen LogP contribution is 1.96. The van der Waals surface area contributed by atoms with E-state index < -0.39 is 17.7 Å². The number of hydrogen-bond acceptors (Lipinski definition) is 4. The zero-order chi connectivity index (χ0) is 13.4. The third kappa shape index (κ3) is 5.13. The van der Waals surface area contributed by atoms with E-state index in [4.69, 9.17) is 5.73 Å². The van der Waals surface area contributed by atoms with Gasteiger partial charge in [-0.3, -0.25) is 14.4 Å². The molecule has 0 aliphatic carbocycles. The van der Waals surface area contributed by atoms with Crippen molar-refractivity contribution in [1.29, 1.82) is 0 Å². The summed E-state index contributed by atoms with van der Waals surface area (Å²) >= 11 is 0. The highest BCUT2D eigenvalue weighted by atomic mass is 16.2. The smallest absolute Gasteiger partial charge is 0.311 e. The fourth-order valence-corrected chi connectivity index (χ4v) is 1.73. The van der Waals surface area contributed by atoms with E-state index in [1.807, 2.05) is 0 Å². The summed E-state index contributed by atoms with van der Waals surface area (Å²) in [6.07, 6.45) is 1.51. The molecular formula is C11H20N4O3. The maximum atomic E-state index is 11.8. The van der Waals surface area contributed by atoms with Crippen molar-refractivity contribution in [3.05, 3.63) is 0 Å². The number of nitrogens with zero attached hydrogens (tertiary/aromatic N) is 1. The monoisotopic (exact) mass is 256 g/mol. The number of nitrogens with two attached hydrogens (primary N) is 1. The van der Waals surface area contributed by atoms with Gasteiger partial charge in [0.05, 0.1) is 0 Å². The first-order valence-electron chi connectivity index (χ1n) is 6.17. The second kappa shape index (κ2) is 7.65. The van der Waals surface area contributed by atoms with Crippen LogP contribution in [0.4, 0.5) is 0 Å². The lowest BCUT2D eigenvalue weighted by atomic mass is 10.3. The van der Waals surface area contributed by atoms with Gasteiger partial charge in [-0.1, -0.05) is 0 Å². The molecule has 0 spiro atoms. The van der Waals surface area contributed by atoms with Gasteiger partial charge < -0.3 is 21.3 Å². The normalized spacial score (nSPS) is 15.9. The molecule has 1 fully saturated rings. The molecule has 7 nitrogen and oxygen atoms in total. The van der Waals surface area contributed by atoms with Gasteiger partial charge in [-0.15, -0.1) is 0 Å². The number of carbonyl (C=O) groups excluding carboxylic acids is 3. The Morgan fingerprint density at radius 2 is 2.00 bits per heavy atom. The Balaban J connectivity index is 2.27. The Labute approximate surface area is 106 Å². The summed E-state index contributed by atoms with van der Waals surface area (Å²) in [7, 11) is 0. The highest BCUT2D eigenvalue weighted by Gasteiger charge is 2.21. The first kappa shape index (κ1) is 14.4. The summed E-state index contributed by atoms with van der Waals surface area (Å²) in [6, 6.07) is 0. The molecular weight excluding hydrogens is 236 g/mol. The standard InChI is InChI=1S/C11H20N4O3/c12-9(16)3-1-5-14-10(17)11(18)15-7-2-4-13-6-8-15/h13H,1-8H2,(H2,12,16)(H,14,17). The van der Waals surface area contributed by atoms with Gasteiger partial charge in [-0.25, -0.2) is 0 Å². The lowest BCUT2D eigenvalue weighted by Crippen LogP contribution is -2.44. The number of primary amides is 1. The maximum absolute atomic E-state index is 11.8. The summed E-state index contributed by atoms with van der Waals surface area (Å²) in [6.45, 7) is 3.01. The van der Waals surface area contributed by atoms with Crippen LogP contribution >= 0.6 is 0 Å². The van der Waals surface area contributed by atoms with Gasteiger partial charge in [0.25, 0.3) is 0 Å². The van der Waals surface area contributed by atoms with E-state index in [2.05, 4.69) is 10.6 Å². The molecule has 0 aromatic rings. The summed E-state index contributed by atoms with van der Waals surface area (Å²) in [5.74, 6) is -1.52. The van der Waals surface area contributed by atoms with E-state index in [-0.39, 0.29) is 6.42 Å². The molecule has 0 unspecified atom stereocenters. The van der Waals surface area contributed by atoms with Gasteiger partial charge in [0.15, 0.2) is 0 Å². The fourth-order valence-electron chi connectivity index (χ4n) is 1.73. The molecule has 18 heavy (non-hydrogen) atoms. The van der Waals surface area contributed by atoms with Crippen LogP contribution in [0.5, 0.6) is 0 Å². The van der Waals surface area contributed by atoms with E-state index in [0.717, 1.165) is 13.0 Å². The molecule has 0 radical (unpaired) electrons. The summed E-state index contributed by atoms with van der Waals surface area (Å²) < 4.78 is 0. The number of carbonyl (C=O) groups is 3. The predicted octanol–water partition coefficient (Wildman–Crippen LogP) is -1.81. The summed E-state index contributed by atoms with van der Waals surface area (Å²) in [5, 5.41) is 5.66. The number of hydrogen-bond donors (Lipinski definition) is 3. The van der Waals surface area contributed by atoms with E-state index >= 15 is 0 Å². The third-order valence-corrected chi connectivity index (χ3v) is 2.71. The van der Waals surface area contributed by atoms with E-state index in [0.29, 0.717) is 32.6 Å². The SMILES string of the molecule is NC(=O)CCCNC(=O)C(=O)N1CCCNCC1. The van der Waals surface area contributed by atoms with Crippen LogP contribution in [-0.2, 0) is 14.4 Å². The number of rotatable bonds is 4. The second-order valence-electron chi connectivity index (χ2n) is 4.22. The minimum absolute atomic E-state index is 0.210. The largest absolute Gasteiger partial charge is 0.370 e. The first-order valence-corrected chi connectivity index (χ1v) is 6.17. The molecule has 0 aromatic heterocycles. The average molecular weight is 256 g/mol. The van der Waals surface area contributed by atoms with Gasteiger partial charge in [0.1, 0.15) is 0 Å². The fraction of sp³-hybridized carbons (Fsp3) is 0.727. The van der Waals surface area contributed by atoms with Crippen LogP contribution in [0.25, 0.3) is 0 Å². The van der Waals surface area contributed by atoms with Crippen LogP contribution in [0.3, 0.4) is 0 Å². The van der Waals surface area contributed by atoms with Crippen molar-refractivity contribution >= 4 is 17.7 Å². The molecule has 1 rings (SSSR count). The van der Waals surface area contributed by atoms with Crippen molar-refractivity contribution in [2.24, 2.45) is 5.73 Å². The van der Waals surface area contributed by atoms with Crippen LogP contribution < -0.4 is 16.4 Å². The molecule has 0 aromatic carbocycles. The molecule has 102 valence electrons. The Hall–Kier alpha value is -1.63. The minimum Gasteiger partial charge on any atom is -0.370 e. The van der Waals surface area contributed by atoms with Gasteiger partial charge in [-0.05, 0) is 19.4 Å². The Bertz CT molecular complexity index is 311. The second-order valence-corrected chi connectivity index (χ2v) is 4.22. The van der Waals surface area contributed by atoms with Gasteiger partial charge >= 0.3 is 11.8 Å². The van der Waals surface area contributed by atoms with Crippen molar-refractivity contribution in [2.75, 3.05) is 32.7 Å². The van der Waals surface area contributed by atoms with Crippen LogP contribution in [-0.4, -0.2) is 55.3 Å². The lowest BCUT2D eigenvalue weighted by Gasteiger charge is -2.18. The van der Waals surface area contributed by atoms with Crippen LogP contribution in [0.1, 0.15) is 19.3 Å². The van der Waals surface area contributed by atoms with Crippen LogP contribution in [0, 0.1) is 0 Å². The predicted molar refractivity (Wildman–Crippen MR) is 65.5 cm³/mol. The lowest BCUT2D eigenvalue weighted by molar-refractivity contribution is -0.145. The maximum Gasteiger partial charge on any atom is 0.311 e. The number of nitrogens with one attached hydrogen (secondary N) is 2. The van der Waals surface area contributed by atoms with Crippen LogP contribution in [0.15, 0.2) is 0 Å². The van der Waals surface area contributed by atoms with E-state index in [1.54, 1.807) is 4.90 Å². The Morgan fingerprint density at radius 3 is 2.72 bits per heavy atom. The molecule has 4 N–H and O–H groups in total. The van der Waals surface area contributed by atoms with Crippen molar-refractivity contribution in [3.8, 4) is 0 Å². The number of amides is 3. The van der Waals surface area contributed by atoms with Crippen molar-refractivity contribution < 1.29 is 14.4 Å². The van der Waals surface area contributed by atoms with Gasteiger partial charge in [0, 0.05) is 32.6 Å². The highest BCUT2D eigenvalue weighted by molar-refractivity contribution is 6.35. The molecule has 1 aliphatic heterocycles. The zero-order valence-corrected chi connectivity index (χ0v) is 10.4.